The molecule has 7 nitrogen and oxygen atoms in total. The highest BCUT2D eigenvalue weighted by Crippen LogP contribution is 2.35. The van der Waals surface area contributed by atoms with E-state index >= 15 is 0 Å². The van der Waals surface area contributed by atoms with Crippen LogP contribution in [0.5, 0.6) is 0 Å². The van der Waals surface area contributed by atoms with Crippen molar-refractivity contribution in [2.45, 2.75) is 51.5 Å². The first kappa shape index (κ1) is 22.0. The van der Waals surface area contributed by atoms with Gasteiger partial charge in [0.25, 0.3) is 0 Å². The summed E-state index contributed by atoms with van der Waals surface area (Å²) >= 11 is 0. The van der Waals surface area contributed by atoms with Gasteiger partial charge < -0.3 is 9.47 Å². The van der Waals surface area contributed by atoms with Crippen molar-refractivity contribution in [3.8, 4) is 5.82 Å². The van der Waals surface area contributed by atoms with Gasteiger partial charge in [0.1, 0.15) is 23.1 Å². The van der Waals surface area contributed by atoms with Crippen LogP contribution in [0.25, 0.3) is 5.82 Å². The molecule has 3 heterocycles. The number of likely N-dealkylation sites (tertiary alicyclic amines) is 1. The number of ether oxygens (including phenoxy) is 2. The maximum absolute atomic E-state index is 13.4. The Morgan fingerprint density at radius 1 is 1.16 bits per heavy atom. The summed E-state index contributed by atoms with van der Waals surface area (Å²) in [5.74, 6) is 0.735. The number of carbonyl (C=O) groups excluding carboxylic acids is 1. The third kappa shape index (κ3) is 5.13. The van der Waals surface area contributed by atoms with Crippen LogP contribution in [0.15, 0.2) is 61.1 Å². The molecule has 1 amide bonds. The van der Waals surface area contributed by atoms with E-state index in [1.807, 2.05) is 51.1 Å². The van der Waals surface area contributed by atoms with Crippen molar-refractivity contribution in [2.75, 3.05) is 6.54 Å². The average Bonchev–Trinajstić information content (AvgIpc) is 3.39. The zero-order chi connectivity index (χ0) is 22.7. The first-order chi connectivity index (χ1) is 15.3. The van der Waals surface area contributed by atoms with Crippen molar-refractivity contribution in [1.29, 1.82) is 0 Å². The SMILES string of the molecule is CC(C)(C)OC(=O)N1CC(OCc2ccccc2)CC1c1nccn1-c1ccc(F)cn1. The highest BCUT2D eigenvalue weighted by atomic mass is 19.1. The van der Waals surface area contributed by atoms with Crippen molar-refractivity contribution in [3.05, 3.63) is 78.3 Å². The smallest absolute Gasteiger partial charge is 0.411 e. The highest BCUT2D eigenvalue weighted by Gasteiger charge is 2.41. The molecule has 32 heavy (non-hydrogen) atoms. The van der Waals surface area contributed by atoms with E-state index in [2.05, 4.69) is 9.97 Å². The van der Waals surface area contributed by atoms with Gasteiger partial charge in [-0.05, 0) is 38.5 Å². The normalized spacial score (nSPS) is 18.7. The number of carbonyl (C=O) groups is 1. The molecule has 0 bridgehead atoms. The van der Waals surface area contributed by atoms with Gasteiger partial charge in [-0.3, -0.25) is 9.47 Å². The number of nitrogens with zero attached hydrogens (tertiary/aromatic N) is 4. The third-order valence-electron chi connectivity index (χ3n) is 5.15. The number of rotatable bonds is 5. The van der Waals surface area contributed by atoms with E-state index in [9.17, 15) is 9.18 Å². The molecule has 0 aliphatic carbocycles. The summed E-state index contributed by atoms with van der Waals surface area (Å²) in [7, 11) is 0. The van der Waals surface area contributed by atoms with Gasteiger partial charge in [-0.25, -0.2) is 19.2 Å². The number of imidazole rings is 1. The summed E-state index contributed by atoms with van der Waals surface area (Å²) < 4.78 is 26.9. The van der Waals surface area contributed by atoms with Crippen molar-refractivity contribution < 1.29 is 18.7 Å². The van der Waals surface area contributed by atoms with E-state index in [-0.39, 0.29) is 12.1 Å². The second kappa shape index (κ2) is 9.08. The Hall–Kier alpha value is -3.26. The Kier molecular flexibility index (Phi) is 6.23. The van der Waals surface area contributed by atoms with Crippen molar-refractivity contribution in [1.82, 2.24) is 19.4 Å². The van der Waals surface area contributed by atoms with Crippen LogP contribution < -0.4 is 0 Å². The van der Waals surface area contributed by atoms with Crippen molar-refractivity contribution >= 4 is 6.09 Å². The second-order valence-corrected chi connectivity index (χ2v) is 8.79. The van der Waals surface area contributed by atoms with Gasteiger partial charge in [0.15, 0.2) is 0 Å². The fourth-order valence-electron chi connectivity index (χ4n) is 3.74. The van der Waals surface area contributed by atoms with E-state index in [4.69, 9.17) is 9.47 Å². The lowest BCUT2D eigenvalue weighted by Gasteiger charge is -2.28. The van der Waals surface area contributed by atoms with Crippen LogP contribution in [0.1, 0.15) is 44.6 Å². The largest absolute Gasteiger partial charge is 0.444 e. The minimum absolute atomic E-state index is 0.181. The molecule has 1 aromatic carbocycles. The maximum atomic E-state index is 13.4. The molecule has 1 saturated heterocycles. The first-order valence-corrected chi connectivity index (χ1v) is 10.6. The standard InChI is InChI=1S/C24H27FN4O3/c1-24(2,3)32-23(30)29-15-19(31-16-17-7-5-4-6-8-17)13-20(29)22-26-11-12-28(22)21-10-9-18(25)14-27-21/h4-12,14,19-20H,13,15-16H2,1-3H3. The van der Waals surface area contributed by atoms with E-state index in [1.54, 1.807) is 27.9 Å². The van der Waals surface area contributed by atoms with Gasteiger partial charge in [0.2, 0.25) is 0 Å². The molecule has 0 saturated carbocycles. The highest BCUT2D eigenvalue weighted by molar-refractivity contribution is 5.69. The van der Waals surface area contributed by atoms with Crippen LogP contribution in [0.2, 0.25) is 0 Å². The fourth-order valence-corrected chi connectivity index (χ4v) is 3.74. The molecule has 168 valence electrons. The summed E-state index contributed by atoms with van der Waals surface area (Å²) in [5, 5.41) is 0. The topological polar surface area (TPSA) is 69.5 Å². The predicted molar refractivity (Wildman–Crippen MR) is 117 cm³/mol. The summed E-state index contributed by atoms with van der Waals surface area (Å²) in [6.07, 6.45) is 4.51. The van der Waals surface area contributed by atoms with E-state index in [0.717, 1.165) is 11.8 Å². The van der Waals surface area contributed by atoms with Gasteiger partial charge in [-0.2, -0.15) is 0 Å². The summed E-state index contributed by atoms with van der Waals surface area (Å²) in [6.45, 7) is 6.35. The number of aromatic nitrogens is 3. The lowest BCUT2D eigenvalue weighted by atomic mass is 10.1. The molecular weight excluding hydrogens is 411 g/mol. The minimum Gasteiger partial charge on any atom is -0.444 e. The molecule has 0 N–H and O–H groups in total. The Bertz CT molecular complexity index is 1050. The van der Waals surface area contributed by atoms with Gasteiger partial charge >= 0.3 is 6.09 Å². The summed E-state index contributed by atoms with van der Waals surface area (Å²) in [6, 6.07) is 12.5. The molecule has 4 rings (SSSR count). The van der Waals surface area contributed by atoms with Gasteiger partial charge in [-0.1, -0.05) is 30.3 Å². The van der Waals surface area contributed by atoms with E-state index in [0.29, 0.717) is 31.2 Å². The Morgan fingerprint density at radius 2 is 1.94 bits per heavy atom. The number of pyridine rings is 1. The second-order valence-electron chi connectivity index (χ2n) is 8.79. The Balaban J connectivity index is 1.58. The number of halogens is 1. The molecule has 0 spiro atoms. The zero-order valence-electron chi connectivity index (χ0n) is 18.4. The minimum atomic E-state index is -0.626. The van der Waals surface area contributed by atoms with Crippen LogP contribution in [-0.2, 0) is 16.1 Å². The molecule has 1 aliphatic rings. The zero-order valence-corrected chi connectivity index (χ0v) is 18.4. The van der Waals surface area contributed by atoms with Crippen LogP contribution in [0.4, 0.5) is 9.18 Å². The fraction of sp³-hybridized carbons (Fsp3) is 0.375. The van der Waals surface area contributed by atoms with Crippen LogP contribution in [0, 0.1) is 5.82 Å². The Labute approximate surface area is 186 Å². The molecule has 3 aromatic rings. The maximum Gasteiger partial charge on any atom is 0.411 e. The lowest BCUT2D eigenvalue weighted by molar-refractivity contribution is 0.0144. The summed E-state index contributed by atoms with van der Waals surface area (Å²) in [5.41, 5.74) is 0.440. The first-order valence-electron chi connectivity index (χ1n) is 10.6. The van der Waals surface area contributed by atoms with Crippen LogP contribution in [-0.4, -0.2) is 43.8 Å². The Morgan fingerprint density at radius 3 is 2.62 bits per heavy atom. The monoisotopic (exact) mass is 438 g/mol. The van der Waals surface area contributed by atoms with Gasteiger partial charge in [0.05, 0.1) is 31.5 Å². The van der Waals surface area contributed by atoms with Crippen molar-refractivity contribution in [3.63, 3.8) is 0 Å². The van der Waals surface area contributed by atoms with E-state index in [1.165, 1.54) is 6.07 Å². The third-order valence-corrected chi connectivity index (χ3v) is 5.15. The average molecular weight is 439 g/mol. The molecule has 2 atom stereocenters. The molecule has 0 radical (unpaired) electrons. The lowest BCUT2D eigenvalue weighted by Crippen LogP contribution is -2.38. The quantitative estimate of drug-likeness (QED) is 0.579. The summed E-state index contributed by atoms with van der Waals surface area (Å²) in [4.78, 5) is 23.3. The van der Waals surface area contributed by atoms with Crippen molar-refractivity contribution in [2.24, 2.45) is 0 Å². The molecule has 2 aromatic heterocycles. The molecule has 8 heteroatoms. The number of hydrogen-bond acceptors (Lipinski definition) is 5. The molecule has 1 fully saturated rings. The van der Waals surface area contributed by atoms with Gasteiger partial charge in [-0.15, -0.1) is 0 Å². The number of benzene rings is 1. The van der Waals surface area contributed by atoms with Gasteiger partial charge in [0, 0.05) is 18.8 Å². The molecular formula is C24H27FN4O3. The number of amides is 1. The predicted octanol–water partition coefficient (Wildman–Crippen LogP) is 4.67. The molecule has 1 aliphatic heterocycles. The molecule has 2 unspecified atom stereocenters. The van der Waals surface area contributed by atoms with Crippen LogP contribution in [0.3, 0.4) is 0 Å². The van der Waals surface area contributed by atoms with Crippen LogP contribution >= 0.6 is 0 Å². The van der Waals surface area contributed by atoms with E-state index < -0.39 is 17.5 Å². The number of hydrogen-bond donors (Lipinski definition) is 0.